The molecule has 3 aromatic rings. The highest BCUT2D eigenvalue weighted by molar-refractivity contribution is 5.94. The number of anilines is 1. The summed E-state index contributed by atoms with van der Waals surface area (Å²) in [5.74, 6) is 3.31. The summed E-state index contributed by atoms with van der Waals surface area (Å²) in [4.78, 5) is 25.6. The first-order chi connectivity index (χ1) is 20.7. The second kappa shape index (κ2) is 8.73. The Labute approximate surface area is 249 Å². The Hall–Kier alpha value is -3.14. The number of ether oxygens (including phenoxy) is 1. The number of carbonyl (C=O) groups excluding carboxylic acids is 1. The molecule has 8 fully saturated rings. The predicted molar refractivity (Wildman–Crippen MR) is 153 cm³/mol. The van der Waals surface area contributed by atoms with Crippen LogP contribution in [-0.4, -0.2) is 51.6 Å². The molecule has 0 radical (unpaired) electrons. The Morgan fingerprint density at radius 1 is 0.977 bits per heavy atom. The van der Waals surface area contributed by atoms with Gasteiger partial charge in [-0.3, -0.25) is 4.79 Å². The van der Waals surface area contributed by atoms with Gasteiger partial charge in [-0.2, -0.15) is 9.97 Å². The molecule has 10 heteroatoms. The van der Waals surface area contributed by atoms with Crippen LogP contribution in [0.25, 0.3) is 11.5 Å². The number of alkyl halides is 1. The number of rotatable bonds is 9. The minimum absolute atomic E-state index is 0.0259. The zero-order chi connectivity index (χ0) is 29.1. The third-order valence-corrected chi connectivity index (χ3v) is 11.8. The summed E-state index contributed by atoms with van der Waals surface area (Å²) in [6, 6.07) is 7.96. The van der Waals surface area contributed by atoms with Gasteiger partial charge in [0.1, 0.15) is 5.67 Å². The zero-order valence-corrected chi connectivity index (χ0v) is 24.7. The van der Waals surface area contributed by atoms with Gasteiger partial charge in [0.2, 0.25) is 11.8 Å². The molecule has 1 aromatic carbocycles. The number of hydrogen-bond acceptors (Lipinski definition) is 8. The highest BCUT2D eigenvalue weighted by Gasteiger charge is 2.69. The molecule has 0 N–H and O–H groups in total. The van der Waals surface area contributed by atoms with Gasteiger partial charge in [-0.1, -0.05) is 16.4 Å². The fourth-order valence-corrected chi connectivity index (χ4v) is 8.84. The van der Waals surface area contributed by atoms with Gasteiger partial charge in [-0.15, -0.1) is 0 Å². The maximum atomic E-state index is 14.4. The van der Waals surface area contributed by atoms with E-state index in [-0.39, 0.29) is 27.6 Å². The number of halogens is 1. The van der Waals surface area contributed by atoms with Crippen molar-refractivity contribution in [2.45, 2.75) is 106 Å². The van der Waals surface area contributed by atoms with Crippen molar-refractivity contribution >= 4 is 11.6 Å². The molecule has 1 saturated heterocycles. The number of benzene rings is 1. The fraction of sp³-hybridized carbons (Fsp3) is 0.667. The standard InChI is InChI=1S/C33H38FN5O4/c1-29(19-41-20-29)28-36-27(38-43-28)32-10-7-30(8-11-32,9-12-32)18-39(24(40)14-31-15-33(34,16-31)17-31)23-4-2-3-22(13-23)26-35-25(37-42-26)21-5-6-21/h2-4,13,21H,5-12,14-20H2,1H3. The minimum Gasteiger partial charge on any atom is -0.379 e. The lowest BCUT2D eigenvalue weighted by atomic mass is 9.41. The van der Waals surface area contributed by atoms with E-state index in [1.165, 1.54) is 0 Å². The summed E-state index contributed by atoms with van der Waals surface area (Å²) in [5.41, 5.74) is 0.298. The van der Waals surface area contributed by atoms with Crippen LogP contribution in [0.4, 0.5) is 10.1 Å². The van der Waals surface area contributed by atoms with E-state index in [2.05, 4.69) is 22.2 Å². The number of hydrogen-bond donors (Lipinski definition) is 0. The topological polar surface area (TPSA) is 107 Å². The number of aromatic nitrogens is 4. The fourth-order valence-electron chi connectivity index (χ4n) is 8.84. The van der Waals surface area contributed by atoms with Crippen molar-refractivity contribution in [3.63, 3.8) is 0 Å². The number of nitrogens with zero attached hydrogens (tertiary/aromatic N) is 5. The lowest BCUT2D eigenvalue weighted by Gasteiger charge is -2.66. The summed E-state index contributed by atoms with van der Waals surface area (Å²) >= 11 is 0. The predicted octanol–water partition coefficient (Wildman–Crippen LogP) is 6.19. The Balaban J connectivity index is 0.969. The molecule has 8 aliphatic rings. The molecular weight excluding hydrogens is 549 g/mol. The average Bonchev–Trinajstić information content (AvgIpc) is 3.48. The summed E-state index contributed by atoms with van der Waals surface area (Å²) in [7, 11) is 0. The molecule has 226 valence electrons. The third kappa shape index (κ3) is 4.15. The molecule has 1 aliphatic heterocycles. The molecule has 43 heavy (non-hydrogen) atoms. The lowest BCUT2D eigenvalue weighted by molar-refractivity contribution is -0.215. The number of fused-ring (bicyclic) bond motifs is 3. The van der Waals surface area contributed by atoms with E-state index in [9.17, 15) is 9.18 Å². The van der Waals surface area contributed by atoms with Gasteiger partial charge < -0.3 is 18.7 Å². The van der Waals surface area contributed by atoms with Crippen LogP contribution < -0.4 is 4.90 Å². The monoisotopic (exact) mass is 587 g/mol. The number of carbonyl (C=O) groups is 1. The van der Waals surface area contributed by atoms with Crippen molar-refractivity contribution < 1.29 is 23.0 Å². The van der Waals surface area contributed by atoms with Gasteiger partial charge in [-0.25, -0.2) is 4.39 Å². The largest absolute Gasteiger partial charge is 0.379 e. The highest BCUT2D eigenvalue weighted by atomic mass is 19.1. The highest BCUT2D eigenvalue weighted by Crippen LogP contribution is 2.71. The molecular formula is C33H38FN5O4. The van der Waals surface area contributed by atoms with E-state index in [0.29, 0.717) is 63.1 Å². The molecule has 7 saturated carbocycles. The summed E-state index contributed by atoms with van der Waals surface area (Å²) in [6.45, 7) is 4.02. The Bertz CT molecular complexity index is 1560. The van der Waals surface area contributed by atoms with Crippen molar-refractivity contribution in [2.24, 2.45) is 10.8 Å². The van der Waals surface area contributed by atoms with E-state index in [1.807, 2.05) is 29.2 Å². The van der Waals surface area contributed by atoms with Gasteiger partial charge in [-0.05, 0) is 107 Å². The molecule has 11 rings (SSSR count). The normalized spacial score (nSPS) is 35.1. The third-order valence-electron chi connectivity index (χ3n) is 11.8. The lowest BCUT2D eigenvalue weighted by Crippen LogP contribution is -2.65. The van der Waals surface area contributed by atoms with Crippen molar-refractivity contribution in [3.8, 4) is 11.5 Å². The Morgan fingerprint density at radius 3 is 2.37 bits per heavy atom. The Kier molecular flexibility index (Phi) is 5.34. The van der Waals surface area contributed by atoms with Crippen molar-refractivity contribution in [1.82, 2.24) is 20.3 Å². The molecule has 1 amide bonds. The van der Waals surface area contributed by atoms with Crippen molar-refractivity contribution in [1.29, 1.82) is 0 Å². The van der Waals surface area contributed by atoms with Crippen LogP contribution in [-0.2, 0) is 20.4 Å². The first kappa shape index (κ1) is 26.3. The van der Waals surface area contributed by atoms with Crippen LogP contribution in [0.5, 0.6) is 0 Å². The van der Waals surface area contributed by atoms with Crippen LogP contribution in [0.15, 0.2) is 33.3 Å². The molecule has 0 unspecified atom stereocenters. The molecule has 7 aliphatic carbocycles. The first-order valence-electron chi connectivity index (χ1n) is 16.0. The summed E-state index contributed by atoms with van der Waals surface area (Å²) in [6.07, 6.45) is 10.2. The SMILES string of the molecule is CC1(c2nc(C34CCC(CN(C(=O)CC56CC(F)(C5)C6)c5cccc(-c6nc(C7CC7)no6)c5)(CC3)CC4)no2)COC1. The summed E-state index contributed by atoms with van der Waals surface area (Å²) in [5, 5.41) is 8.67. The van der Waals surface area contributed by atoms with E-state index in [0.717, 1.165) is 74.3 Å². The second-order valence-corrected chi connectivity index (χ2v) is 15.4. The maximum absolute atomic E-state index is 14.4. The Morgan fingerprint density at radius 2 is 1.72 bits per heavy atom. The van der Waals surface area contributed by atoms with Crippen LogP contribution in [0.1, 0.15) is 107 Å². The number of amides is 1. The van der Waals surface area contributed by atoms with Crippen molar-refractivity contribution in [2.75, 3.05) is 24.7 Å². The first-order valence-corrected chi connectivity index (χ1v) is 16.0. The van der Waals surface area contributed by atoms with Crippen LogP contribution in [0.3, 0.4) is 0 Å². The van der Waals surface area contributed by atoms with Gasteiger partial charge in [0.05, 0.1) is 18.6 Å². The van der Waals surface area contributed by atoms with Crippen LogP contribution >= 0.6 is 0 Å². The van der Waals surface area contributed by atoms with Gasteiger partial charge >= 0.3 is 0 Å². The summed E-state index contributed by atoms with van der Waals surface area (Å²) < 4.78 is 31.2. The zero-order valence-electron chi connectivity index (χ0n) is 24.7. The molecule has 4 bridgehead atoms. The quantitative estimate of drug-likeness (QED) is 0.292. The van der Waals surface area contributed by atoms with Gasteiger partial charge in [0, 0.05) is 35.5 Å². The molecule has 9 nitrogen and oxygen atoms in total. The molecule has 3 heterocycles. The maximum Gasteiger partial charge on any atom is 0.258 e. The molecule has 0 spiro atoms. The smallest absolute Gasteiger partial charge is 0.258 e. The van der Waals surface area contributed by atoms with E-state index in [1.54, 1.807) is 0 Å². The second-order valence-electron chi connectivity index (χ2n) is 15.4. The van der Waals surface area contributed by atoms with Crippen molar-refractivity contribution in [3.05, 3.63) is 41.8 Å². The minimum atomic E-state index is -1.02. The van der Waals surface area contributed by atoms with Crippen LogP contribution in [0.2, 0.25) is 0 Å². The average molecular weight is 588 g/mol. The van der Waals surface area contributed by atoms with E-state index >= 15 is 0 Å². The van der Waals surface area contributed by atoms with E-state index < -0.39 is 5.67 Å². The molecule has 2 aromatic heterocycles. The molecule has 0 atom stereocenters. The van der Waals surface area contributed by atoms with Gasteiger partial charge in [0.25, 0.3) is 5.89 Å². The van der Waals surface area contributed by atoms with E-state index in [4.69, 9.17) is 18.8 Å². The van der Waals surface area contributed by atoms with Crippen LogP contribution in [0, 0.1) is 10.8 Å². The van der Waals surface area contributed by atoms with Gasteiger partial charge in [0.15, 0.2) is 11.6 Å².